The molecule has 0 rings (SSSR count). The van der Waals surface area contributed by atoms with Crippen LogP contribution < -0.4 is 0 Å². The van der Waals surface area contributed by atoms with Gasteiger partial charge < -0.3 is 13.8 Å². The molecule has 0 aromatic rings. The maximum atomic E-state index is 3.60. The third-order valence-corrected chi connectivity index (χ3v) is 0.354. The van der Waals surface area contributed by atoms with Crippen molar-refractivity contribution in [2.45, 2.75) is 26.7 Å². The van der Waals surface area contributed by atoms with E-state index in [9.17, 15) is 0 Å². The topological polar surface area (TPSA) is 0 Å². The van der Waals surface area contributed by atoms with Crippen LogP contribution in [0.5, 0.6) is 0 Å². The van der Waals surface area contributed by atoms with Crippen molar-refractivity contribution in [1.82, 2.24) is 0 Å². The van der Waals surface area contributed by atoms with Gasteiger partial charge in [0.2, 0.25) is 0 Å². The summed E-state index contributed by atoms with van der Waals surface area (Å²) in [5.41, 5.74) is 0. The molecule has 0 amide bonds. The molecule has 0 aliphatic rings. The van der Waals surface area contributed by atoms with Crippen LogP contribution in [-0.2, 0) is 0 Å². The summed E-state index contributed by atoms with van der Waals surface area (Å²) in [6.45, 7) is 10.7. The smallest absolute Gasteiger partial charge is 0.346 e. The molecule has 0 unspecified atom stereocenters. The average molecular weight is 191 g/mol. The number of halogens is 1. The summed E-state index contributed by atoms with van der Waals surface area (Å²) in [7, 11) is 0. The second kappa shape index (κ2) is 41.1. The zero-order valence-corrected chi connectivity index (χ0v) is 9.07. The second-order valence-corrected chi connectivity index (χ2v) is 0.854. The van der Waals surface area contributed by atoms with Crippen molar-refractivity contribution >= 4 is 40.0 Å². The van der Waals surface area contributed by atoms with Gasteiger partial charge in [0.15, 0.2) is 0 Å². The van der Waals surface area contributed by atoms with Crippen LogP contribution in [0.4, 0.5) is 0 Å². The van der Waals surface area contributed by atoms with Crippen LogP contribution in [0.25, 0.3) is 0 Å². The molecule has 0 nitrogen and oxygen atoms in total. The van der Waals surface area contributed by atoms with Crippen LogP contribution in [0.1, 0.15) is 26.7 Å². The minimum absolute atomic E-state index is 0. The molecular formula is C6H15BrMg. The van der Waals surface area contributed by atoms with Gasteiger partial charge in [-0.3, -0.25) is 0 Å². The Bertz CT molecular complexity index is 10.5. The van der Waals surface area contributed by atoms with Gasteiger partial charge in [0.25, 0.3) is 0 Å². The molecule has 0 radical (unpaired) electrons. The van der Waals surface area contributed by atoms with Crippen molar-refractivity contribution in [3.63, 3.8) is 0 Å². The second-order valence-electron chi connectivity index (χ2n) is 0.854. The maximum absolute atomic E-state index is 3.60. The van der Waals surface area contributed by atoms with Crippen LogP contribution in [0.15, 0.2) is 0 Å². The van der Waals surface area contributed by atoms with Crippen LogP contribution >= 0.6 is 17.0 Å². The zero-order valence-electron chi connectivity index (χ0n) is 5.94. The molecule has 0 aromatic heterocycles. The molecule has 0 heterocycles. The Morgan fingerprint density at radius 3 is 1.38 bits per heavy atom. The van der Waals surface area contributed by atoms with E-state index in [-0.39, 0.29) is 40.0 Å². The van der Waals surface area contributed by atoms with Gasteiger partial charge in [-0.25, -0.2) is 0 Å². The van der Waals surface area contributed by atoms with E-state index in [1.807, 2.05) is 0 Å². The van der Waals surface area contributed by atoms with E-state index >= 15 is 0 Å². The van der Waals surface area contributed by atoms with Crippen LogP contribution in [0.2, 0.25) is 0 Å². The van der Waals surface area contributed by atoms with E-state index in [0.717, 1.165) is 6.42 Å². The fraction of sp³-hybridized carbons (Fsp3) is 0.667. The molecule has 0 bridgehead atoms. The predicted molar refractivity (Wildman–Crippen MR) is 47.4 cm³/mol. The summed E-state index contributed by atoms with van der Waals surface area (Å²) in [6, 6.07) is 0. The summed E-state index contributed by atoms with van der Waals surface area (Å²) in [4.78, 5) is 0. The Labute approximate surface area is 80.4 Å². The number of hydrogen-bond acceptors (Lipinski definition) is 0. The number of rotatable bonds is 1. The van der Waals surface area contributed by atoms with E-state index in [1.54, 1.807) is 6.92 Å². The summed E-state index contributed by atoms with van der Waals surface area (Å²) in [5.74, 6) is 0. The first-order valence-corrected chi connectivity index (χ1v) is 2.41. The van der Waals surface area contributed by atoms with Gasteiger partial charge in [-0.2, -0.15) is 13.3 Å². The SMILES string of the molecule is Br.[CH2-]C.[CH2-]CCC.[Mg+2]. The van der Waals surface area contributed by atoms with Gasteiger partial charge in [0, 0.05) is 0 Å². The quantitative estimate of drug-likeness (QED) is 0.441. The molecule has 0 aliphatic carbocycles. The van der Waals surface area contributed by atoms with Gasteiger partial charge >= 0.3 is 23.1 Å². The normalized spacial score (nSPS) is 4.50. The Morgan fingerprint density at radius 1 is 1.25 bits per heavy atom. The summed E-state index contributed by atoms with van der Waals surface area (Å²) in [6.07, 6.45) is 2.28. The molecule has 0 atom stereocenters. The minimum atomic E-state index is 0. The van der Waals surface area contributed by atoms with Crippen LogP contribution in [-0.4, -0.2) is 23.1 Å². The summed E-state index contributed by atoms with van der Waals surface area (Å²) >= 11 is 0. The van der Waals surface area contributed by atoms with E-state index in [1.165, 1.54) is 6.42 Å². The molecule has 2 heteroatoms. The standard InChI is InChI=1S/C4H9.C2H5.BrH.Mg/c1-3-4-2;1-2;;/h1,3-4H2,2H3;1H2,2H3;1H;/q2*-1;;+2. The van der Waals surface area contributed by atoms with E-state index in [0.29, 0.717) is 0 Å². The molecule has 8 heavy (non-hydrogen) atoms. The molecule has 0 saturated heterocycles. The van der Waals surface area contributed by atoms with Crippen molar-refractivity contribution in [1.29, 1.82) is 0 Å². The average Bonchev–Trinajstić information content (AvgIpc) is 1.72. The molecular weight excluding hydrogens is 176 g/mol. The Hall–Kier alpha value is 1.25. The van der Waals surface area contributed by atoms with Crippen LogP contribution in [0.3, 0.4) is 0 Å². The first kappa shape index (κ1) is 22.8. The van der Waals surface area contributed by atoms with Gasteiger partial charge in [-0.05, 0) is 0 Å². The fourth-order valence-corrected chi connectivity index (χ4v) is 0. The van der Waals surface area contributed by atoms with Crippen molar-refractivity contribution in [2.75, 3.05) is 0 Å². The van der Waals surface area contributed by atoms with Gasteiger partial charge in [0.1, 0.15) is 0 Å². The molecule has 0 spiro atoms. The van der Waals surface area contributed by atoms with Crippen molar-refractivity contribution in [2.24, 2.45) is 0 Å². The van der Waals surface area contributed by atoms with E-state index in [4.69, 9.17) is 0 Å². The molecule has 0 N–H and O–H groups in total. The first-order chi connectivity index (χ1) is 2.91. The largest absolute Gasteiger partial charge is 2.00 e. The third kappa shape index (κ3) is 56.0. The summed E-state index contributed by atoms with van der Waals surface area (Å²) < 4.78 is 0. The molecule has 0 fully saturated rings. The minimum Gasteiger partial charge on any atom is -0.346 e. The fourth-order valence-electron chi connectivity index (χ4n) is 0. The number of unbranched alkanes of at least 4 members (excludes halogenated alkanes) is 1. The zero-order chi connectivity index (χ0) is 5.41. The van der Waals surface area contributed by atoms with Gasteiger partial charge in [-0.1, -0.05) is 13.3 Å². The monoisotopic (exact) mass is 190 g/mol. The van der Waals surface area contributed by atoms with Gasteiger partial charge in [0.05, 0.1) is 0 Å². The Kier molecular flexibility index (Phi) is 117. The molecule has 0 aliphatic heterocycles. The van der Waals surface area contributed by atoms with E-state index < -0.39 is 0 Å². The molecule has 0 saturated carbocycles. The molecule has 48 valence electrons. The maximum Gasteiger partial charge on any atom is 2.00 e. The summed E-state index contributed by atoms with van der Waals surface area (Å²) in [5, 5.41) is 0. The van der Waals surface area contributed by atoms with Crippen molar-refractivity contribution in [3.05, 3.63) is 13.8 Å². The van der Waals surface area contributed by atoms with Crippen molar-refractivity contribution < 1.29 is 0 Å². The Morgan fingerprint density at radius 2 is 1.38 bits per heavy atom. The van der Waals surface area contributed by atoms with Crippen molar-refractivity contribution in [3.8, 4) is 0 Å². The first-order valence-electron chi connectivity index (χ1n) is 2.41. The predicted octanol–water partition coefficient (Wildman–Crippen LogP) is 2.66. The Balaban J connectivity index is -0.0000000183. The van der Waals surface area contributed by atoms with E-state index in [2.05, 4.69) is 20.8 Å². The third-order valence-electron chi connectivity index (χ3n) is 0.354. The van der Waals surface area contributed by atoms with Crippen LogP contribution in [0, 0.1) is 13.8 Å². The number of hydrogen-bond donors (Lipinski definition) is 0. The van der Waals surface area contributed by atoms with Gasteiger partial charge in [-0.15, -0.1) is 17.0 Å². The molecule has 0 aromatic carbocycles.